The standard InChI is InChI=1S/C28H35N3O/c1-31(19-28-15-22-12-23(16-28)14-24(13-22)17-28)18-21-8-6-20(7-9-21)10-11-27(32)30-26-5-3-2-4-25(26)29/h2-11,22-24H,12-19,29H2,1H3,(H,30,32)/b11-10+/t22-,23-,24-,28?. The molecule has 0 aliphatic heterocycles. The highest BCUT2D eigenvalue weighted by atomic mass is 16.1. The molecule has 0 aromatic heterocycles. The van der Waals surface area contributed by atoms with E-state index in [1.54, 1.807) is 18.2 Å². The Bertz CT molecular complexity index is 959. The van der Waals surface area contributed by atoms with Gasteiger partial charge >= 0.3 is 0 Å². The number of rotatable bonds is 7. The van der Waals surface area contributed by atoms with Gasteiger partial charge in [0.25, 0.3) is 0 Å². The topological polar surface area (TPSA) is 58.4 Å². The number of carbonyl (C=O) groups is 1. The summed E-state index contributed by atoms with van der Waals surface area (Å²) < 4.78 is 0. The van der Waals surface area contributed by atoms with Gasteiger partial charge < -0.3 is 16.0 Å². The maximum Gasteiger partial charge on any atom is 0.248 e. The zero-order chi connectivity index (χ0) is 22.1. The van der Waals surface area contributed by atoms with Crippen LogP contribution in [0.3, 0.4) is 0 Å². The molecule has 2 aromatic rings. The fourth-order valence-electron chi connectivity index (χ4n) is 7.12. The van der Waals surface area contributed by atoms with Gasteiger partial charge in [-0.15, -0.1) is 0 Å². The first-order chi connectivity index (χ1) is 15.5. The third-order valence-electron chi connectivity index (χ3n) is 7.85. The van der Waals surface area contributed by atoms with Crippen LogP contribution in [0, 0.1) is 23.2 Å². The van der Waals surface area contributed by atoms with Crippen molar-refractivity contribution in [3.63, 3.8) is 0 Å². The second-order valence-electron chi connectivity index (χ2n) is 10.7. The van der Waals surface area contributed by atoms with Gasteiger partial charge in [0.05, 0.1) is 11.4 Å². The first-order valence-corrected chi connectivity index (χ1v) is 12.1. The van der Waals surface area contributed by atoms with Crippen molar-refractivity contribution in [2.75, 3.05) is 24.6 Å². The molecule has 4 aliphatic rings. The van der Waals surface area contributed by atoms with Crippen LogP contribution < -0.4 is 11.1 Å². The van der Waals surface area contributed by atoms with Gasteiger partial charge in [-0.3, -0.25) is 4.79 Å². The second kappa shape index (κ2) is 8.74. The number of hydrogen-bond donors (Lipinski definition) is 2. The monoisotopic (exact) mass is 429 g/mol. The Kier molecular flexibility index (Phi) is 5.81. The van der Waals surface area contributed by atoms with Crippen LogP contribution in [0.5, 0.6) is 0 Å². The van der Waals surface area contributed by atoms with Crippen molar-refractivity contribution in [1.29, 1.82) is 0 Å². The molecule has 4 nitrogen and oxygen atoms in total. The summed E-state index contributed by atoms with van der Waals surface area (Å²) in [6.45, 7) is 2.22. The number of benzene rings is 2. The van der Waals surface area contributed by atoms with E-state index < -0.39 is 0 Å². The van der Waals surface area contributed by atoms with Crippen molar-refractivity contribution >= 4 is 23.4 Å². The van der Waals surface area contributed by atoms with Gasteiger partial charge in [-0.2, -0.15) is 0 Å². The maximum atomic E-state index is 12.2. The van der Waals surface area contributed by atoms with Crippen LogP contribution in [0.2, 0.25) is 0 Å². The molecule has 0 unspecified atom stereocenters. The summed E-state index contributed by atoms with van der Waals surface area (Å²) in [5, 5.41) is 2.82. The van der Waals surface area contributed by atoms with E-state index in [-0.39, 0.29) is 5.91 Å². The Morgan fingerprint density at radius 3 is 2.28 bits per heavy atom. The molecule has 0 radical (unpaired) electrons. The summed E-state index contributed by atoms with van der Waals surface area (Å²) in [7, 11) is 2.28. The van der Waals surface area contributed by atoms with Crippen LogP contribution in [0.25, 0.3) is 6.08 Å². The van der Waals surface area contributed by atoms with E-state index in [9.17, 15) is 4.79 Å². The van der Waals surface area contributed by atoms with Gasteiger partial charge in [0.2, 0.25) is 5.91 Å². The van der Waals surface area contributed by atoms with Gasteiger partial charge in [-0.25, -0.2) is 0 Å². The third-order valence-corrected chi connectivity index (χ3v) is 7.85. The average Bonchev–Trinajstić information content (AvgIpc) is 2.73. The van der Waals surface area contributed by atoms with Crippen LogP contribution in [0.15, 0.2) is 54.6 Å². The molecule has 0 saturated heterocycles. The lowest BCUT2D eigenvalue weighted by molar-refractivity contribution is -0.111. The molecule has 2 aromatic carbocycles. The van der Waals surface area contributed by atoms with E-state index >= 15 is 0 Å². The molecule has 4 saturated carbocycles. The number of nitrogens with zero attached hydrogens (tertiary/aromatic N) is 1. The molecular formula is C28H35N3O. The summed E-state index contributed by atoms with van der Waals surface area (Å²) in [5.41, 5.74) is 10.0. The minimum absolute atomic E-state index is 0.178. The molecule has 4 bridgehead atoms. The van der Waals surface area contributed by atoms with Gasteiger partial charge in [-0.1, -0.05) is 36.4 Å². The number of amides is 1. The number of para-hydroxylation sites is 2. The van der Waals surface area contributed by atoms with Crippen molar-refractivity contribution in [3.8, 4) is 0 Å². The number of carbonyl (C=O) groups excluding carboxylic acids is 1. The Balaban J connectivity index is 1.14. The third kappa shape index (κ3) is 4.75. The van der Waals surface area contributed by atoms with Crippen LogP contribution in [-0.2, 0) is 11.3 Å². The van der Waals surface area contributed by atoms with Crippen molar-refractivity contribution in [1.82, 2.24) is 4.90 Å². The lowest BCUT2D eigenvalue weighted by Crippen LogP contribution is -2.50. The van der Waals surface area contributed by atoms with Crippen LogP contribution >= 0.6 is 0 Å². The van der Waals surface area contributed by atoms with Crippen molar-refractivity contribution in [2.24, 2.45) is 23.2 Å². The van der Waals surface area contributed by atoms with Crippen LogP contribution in [0.4, 0.5) is 11.4 Å². The zero-order valence-electron chi connectivity index (χ0n) is 19.1. The molecule has 4 fully saturated rings. The quantitative estimate of drug-likeness (QED) is 0.447. The number of nitrogen functional groups attached to an aromatic ring is 1. The summed E-state index contributed by atoms with van der Waals surface area (Å²) in [6.07, 6.45) is 12.3. The predicted molar refractivity (Wildman–Crippen MR) is 132 cm³/mol. The van der Waals surface area contributed by atoms with Crippen LogP contribution in [0.1, 0.15) is 49.7 Å². The molecule has 0 heterocycles. The molecule has 0 atom stereocenters. The van der Waals surface area contributed by atoms with E-state index in [1.165, 1.54) is 50.6 Å². The minimum atomic E-state index is -0.178. The Morgan fingerprint density at radius 1 is 1.03 bits per heavy atom. The Hall–Kier alpha value is -2.59. The Morgan fingerprint density at radius 2 is 1.66 bits per heavy atom. The SMILES string of the molecule is CN(Cc1ccc(/C=C/C(=O)Nc2ccccc2N)cc1)CC12C[C@H]3C[C@H](C1)C[C@@H](C2)C3. The number of hydrogen-bond acceptors (Lipinski definition) is 3. The molecular weight excluding hydrogens is 394 g/mol. The molecule has 0 spiro atoms. The summed E-state index contributed by atoms with van der Waals surface area (Å²) >= 11 is 0. The zero-order valence-corrected chi connectivity index (χ0v) is 19.1. The number of nitrogens with one attached hydrogen (secondary N) is 1. The van der Waals surface area contributed by atoms with E-state index in [0.29, 0.717) is 16.8 Å². The Labute approximate surface area is 191 Å². The van der Waals surface area contributed by atoms with Crippen molar-refractivity contribution < 1.29 is 4.79 Å². The van der Waals surface area contributed by atoms with E-state index in [0.717, 1.165) is 29.9 Å². The van der Waals surface area contributed by atoms with Crippen LogP contribution in [-0.4, -0.2) is 24.4 Å². The van der Waals surface area contributed by atoms with Crippen molar-refractivity contribution in [3.05, 3.63) is 65.7 Å². The molecule has 1 amide bonds. The van der Waals surface area contributed by atoms with E-state index in [4.69, 9.17) is 5.73 Å². The summed E-state index contributed by atoms with van der Waals surface area (Å²) in [4.78, 5) is 14.7. The molecule has 4 aliphatic carbocycles. The smallest absolute Gasteiger partial charge is 0.248 e. The largest absolute Gasteiger partial charge is 0.397 e. The van der Waals surface area contributed by atoms with E-state index in [1.807, 2.05) is 18.2 Å². The van der Waals surface area contributed by atoms with Gasteiger partial charge in [0, 0.05) is 19.2 Å². The molecule has 4 heteroatoms. The first kappa shape index (κ1) is 21.3. The average molecular weight is 430 g/mol. The molecule has 6 rings (SSSR count). The maximum absolute atomic E-state index is 12.2. The summed E-state index contributed by atoms with van der Waals surface area (Å²) in [5.74, 6) is 2.85. The fraction of sp³-hybridized carbons (Fsp3) is 0.464. The molecule has 3 N–H and O–H groups in total. The van der Waals surface area contributed by atoms with Gasteiger partial charge in [-0.05, 0) is 98.1 Å². The van der Waals surface area contributed by atoms with E-state index in [2.05, 4.69) is 41.5 Å². The number of nitrogens with two attached hydrogens (primary N) is 1. The number of anilines is 2. The lowest BCUT2D eigenvalue weighted by Gasteiger charge is -2.57. The fourth-order valence-corrected chi connectivity index (χ4v) is 7.12. The highest BCUT2D eigenvalue weighted by Crippen LogP contribution is 2.60. The lowest BCUT2D eigenvalue weighted by atomic mass is 9.49. The normalized spacial score (nSPS) is 28.5. The minimum Gasteiger partial charge on any atom is -0.397 e. The van der Waals surface area contributed by atoms with Gasteiger partial charge in [0.15, 0.2) is 0 Å². The highest BCUT2D eigenvalue weighted by Gasteiger charge is 2.50. The molecule has 32 heavy (non-hydrogen) atoms. The highest BCUT2D eigenvalue weighted by molar-refractivity contribution is 6.03. The predicted octanol–water partition coefficient (Wildman–Crippen LogP) is 5.57. The summed E-state index contributed by atoms with van der Waals surface area (Å²) in [6, 6.07) is 15.8. The second-order valence-corrected chi connectivity index (χ2v) is 10.7. The van der Waals surface area contributed by atoms with Crippen molar-refractivity contribution in [2.45, 2.75) is 45.1 Å². The molecule has 168 valence electrons. The van der Waals surface area contributed by atoms with Gasteiger partial charge in [0.1, 0.15) is 0 Å². The first-order valence-electron chi connectivity index (χ1n) is 12.1.